The SMILES string of the molecule is CN(CCCCCO)c1cnc(C#N)cn1. The number of aliphatic hydroxyl groups excluding tert-OH is 1. The number of unbranched alkanes of at least 4 members (excludes halogenated alkanes) is 2. The number of hydrogen-bond donors (Lipinski definition) is 1. The van der Waals surface area contributed by atoms with Crippen LogP contribution in [0.2, 0.25) is 0 Å². The number of nitriles is 1. The summed E-state index contributed by atoms with van der Waals surface area (Å²) < 4.78 is 0. The van der Waals surface area contributed by atoms with Crippen molar-refractivity contribution in [3.63, 3.8) is 0 Å². The molecule has 0 aromatic carbocycles. The van der Waals surface area contributed by atoms with Crippen LogP contribution in [0.25, 0.3) is 0 Å². The number of aromatic nitrogens is 2. The van der Waals surface area contributed by atoms with E-state index in [1.807, 2.05) is 18.0 Å². The molecule has 1 aromatic heterocycles. The first kappa shape index (κ1) is 12.4. The predicted octanol–water partition coefficient (Wildman–Crippen LogP) is 0.947. The van der Waals surface area contributed by atoms with Gasteiger partial charge in [-0.2, -0.15) is 5.26 Å². The highest BCUT2D eigenvalue weighted by atomic mass is 16.2. The van der Waals surface area contributed by atoms with Crippen LogP contribution in [0, 0.1) is 11.3 Å². The molecule has 0 fully saturated rings. The zero-order valence-corrected chi connectivity index (χ0v) is 9.43. The summed E-state index contributed by atoms with van der Waals surface area (Å²) in [5.41, 5.74) is 0.331. The van der Waals surface area contributed by atoms with Gasteiger partial charge < -0.3 is 10.0 Å². The van der Waals surface area contributed by atoms with Gasteiger partial charge in [-0.25, -0.2) is 9.97 Å². The summed E-state index contributed by atoms with van der Waals surface area (Å²) >= 11 is 0. The quantitative estimate of drug-likeness (QED) is 0.722. The van der Waals surface area contributed by atoms with Gasteiger partial charge in [0.05, 0.1) is 12.4 Å². The Morgan fingerprint density at radius 2 is 2.12 bits per heavy atom. The zero-order chi connectivity index (χ0) is 11.8. The van der Waals surface area contributed by atoms with Gasteiger partial charge in [0.1, 0.15) is 11.9 Å². The van der Waals surface area contributed by atoms with Crippen LogP contribution in [-0.2, 0) is 0 Å². The molecule has 5 nitrogen and oxygen atoms in total. The molecule has 16 heavy (non-hydrogen) atoms. The maximum Gasteiger partial charge on any atom is 0.158 e. The fraction of sp³-hybridized carbons (Fsp3) is 0.545. The van der Waals surface area contributed by atoms with Crippen molar-refractivity contribution in [3.8, 4) is 6.07 Å². The van der Waals surface area contributed by atoms with Gasteiger partial charge in [0.25, 0.3) is 0 Å². The first-order chi connectivity index (χ1) is 7.77. The number of rotatable bonds is 6. The van der Waals surface area contributed by atoms with Crippen LogP contribution in [0.5, 0.6) is 0 Å². The summed E-state index contributed by atoms with van der Waals surface area (Å²) in [6.45, 7) is 1.13. The van der Waals surface area contributed by atoms with E-state index < -0.39 is 0 Å². The Morgan fingerprint density at radius 1 is 1.31 bits per heavy atom. The van der Waals surface area contributed by atoms with Crippen molar-refractivity contribution in [1.82, 2.24) is 9.97 Å². The van der Waals surface area contributed by atoms with Crippen LogP contribution >= 0.6 is 0 Å². The molecule has 0 unspecified atom stereocenters. The van der Waals surface area contributed by atoms with Crippen molar-refractivity contribution in [3.05, 3.63) is 18.1 Å². The van der Waals surface area contributed by atoms with Gasteiger partial charge in [-0.1, -0.05) is 0 Å². The van der Waals surface area contributed by atoms with E-state index in [1.165, 1.54) is 6.20 Å². The molecule has 1 rings (SSSR count). The second-order valence-electron chi connectivity index (χ2n) is 3.58. The van der Waals surface area contributed by atoms with E-state index in [0.29, 0.717) is 5.69 Å². The second kappa shape index (κ2) is 6.75. The van der Waals surface area contributed by atoms with E-state index in [-0.39, 0.29) is 6.61 Å². The lowest BCUT2D eigenvalue weighted by Crippen LogP contribution is -2.20. The van der Waals surface area contributed by atoms with E-state index in [9.17, 15) is 0 Å². The molecular formula is C11H16N4O. The largest absolute Gasteiger partial charge is 0.396 e. The Kier molecular flexibility index (Phi) is 5.23. The predicted molar refractivity (Wildman–Crippen MR) is 61.0 cm³/mol. The lowest BCUT2D eigenvalue weighted by atomic mass is 10.2. The van der Waals surface area contributed by atoms with Crippen molar-refractivity contribution >= 4 is 5.82 Å². The molecule has 0 saturated carbocycles. The average molecular weight is 220 g/mol. The molecule has 86 valence electrons. The Balaban J connectivity index is 2.40. The van der Waals surface area contributed by atoms with E-state index in [0.717, 1.165) is 31.6 Å². The summed E-state index contributed by atoms with van der Waals surface area (Å²) in [4.78, 5) is 10.1. The number of aliphatic hydroxyl groups is 1. The molecule has 0 radical (unpaired) electrons. The van der Waals surface area contributed by atoms with Crippen LogP contribution in [0.15, 0.2) is 12.4 Å². The second-order valence-corrected chi connectivity index (χ2v) is 3.58. The van der Waals surface area contributed by atoms with Crippen LogP contribution in [-0.4, -0.2) is 35.3 Å². The zero-order valence-electron chi connectivity index (χ0n) is 9.43. The molecular weight excluding hydrogens is 204 g/mol. The highest BCUT2D eigenvalue weighted by molar-refractivity contribution is 5.35. The average Bonchev–Trinajstić information content (AvgIpc) is 2.34. The van der Waals surface area contributed by atoms with Crippen LogP contribution in [0.4, 0.5) is 5.82 Å². The maximum absolute atomic E-state index is 8.64. The van der Waals surface area contributed by atoms with E-state index in [2.05, 4.69) is 9.97 Å². The van der Waals surface area contributed by atoms with Crippen molar-refractivity contribution in [2.24, 2.45) is 0 Å². The first-order valence-corrected chi connectivity index (χ1v) is 5.32. The molecule has 0 aliphatic heterocycles. The summed E-state index contributed by atoms with van der Waals surface area (Å²) in [7, 11) is 1.94. The summed E-state index contributed by atoms with van der Waals surface area (Å²) in [5, 5.41) is 17.2. The molecule has 1 N–H and O–H groups in total. The molecule has 0 bridgehead atoms. The van der Waals surface area contributed by atoms with Crippen LogP contribution in [0.3, 0.4) is 0 Å². The summed E-state index contributed by atoms with van der Waals surface area (Å²) in [5.74, 6) is 0.767. The minimum Gasteiger partial charge on any atom is -0.396 e. The van der Waals surface area contributed by atoms with E-state index >= 15 is 0 Å². The lowest BCUT2D eigenvalue weighted by Gasteiger charge is -2.17. The third-order valence-electron chi connectivity index (χ3n) is 2.30. The topological polar surface area (TPSA) is 73.0 Å². The monoisotopic (exact) mass is 220 g/mol. The van der Waals surface area contributed by atoms with Gasteiger partial charge in [-0.05, 0) is 19.3 Å². The van der Waals surface area contributed by atoms with Crippen molar-refractivity contribution in [2.45, 2.75) is 19.3 Å². The number of hydrogen-bond acceptors (Lipinski definition) is 5. The minimum absolute atomic E-state index is 0.250. The number of nitrogens with zero attached hydrogens (tertiary/aromatic N) is 4. The van der Waals surface area contributed by atoms with Crippen LogP contribution in [0.1, 0.15) is 25.0 Å². The smallest absolute Gasteiger partial charge is 0.158 e. The maximum atomic E-state index is 8.64. The molecule has 0 atom stereocenters. The van der Waals surface area contributed by atoms with Gasteiger partial charge >= 0.3 is 0 Å². The fourth-order valence-electron chi connectivity index (χ4n) is 1.33. The summed E-state index contributed by atoms with van der Waals surface area (Å²) in [6.07, 6.45) is 5.93. The van der Waals surface area contributed by atoms with Crippen molar-refractivity contribution < 1.29 is 5.11 Å². The third-order valence-corrected chi connectivity index (χ3v) is 2.30. The Bertz CT molecular complexity index is 344. The lowest BCUT2D eigenvalue weighted by molar-refractivity contribution is 0.283. The molecule has 1 heterocycles. The van der Waals surface area contributed by atoms with Gasteiger partial charge in [-0.15, -0.1) is 0 Å². The summed E-state index contributed by atoms with van der Waals surface area (Å²) in [6, 6.07) is 1.93. The molecule has 1 aromatic rings. The van der Waals surface area contributed by atoms with Crippen LogP contribution < -0.4 is 4.90 Å². The van der Waals surface area contributed by atoms with Crippen molar-refractivity contribution in [1.29, 1.82) is 5.26 Å². The molecule has 0 amide bonds. The van der Waals surface area contributed by atoms with Gasteiger partial charge in [0.15, 0.2) is 5.69 Å². The highest BCUT2D eigenvalue weighted by Gasteiger charge is 2.02. The normalized spacial score (nSPS) is 9.81. The fourth-order valence-corrected chi connectivity index (χ4v) is 1.33. The standard InChI is InChI=1S/C11H16N4O/c1-15(5-3-2-4-6-16)11-9-13-10(7-12)8-14-11/h8-9,16H,2-6H2,1H3. The molecule has 0 aliphatic carbocycles. The van der Waals surface area contributed by atoms with Gasteiger partial charge in [-0.3, -0.25) is 0 Å². The Hall–Kier alpha value is -1.67. The van der Waals surface area contributed by atoms with E-state index in [4.69, 9.17) is 10.4 Å². The highest BCUT2D eigenvalue weighted by Crippen LogP contribution is 2.08. The number of anilines is 1. The third kappa shape index (κ3) is 3.83. The molecule has 0 aliphatic rings. The molecule has 5 heteroatoms. The minimum atomic E-state index is 0.250. The Morgan fingerprint density at radius 3 is 2.69 bits per heavy atom. The van der Waals surface area contributed by atoms with Crippen molar-refractivity contribution in [2.75, 3.05) is 25.1 Å². The van der Waals surface area contributed by atoms with E-state index in [1.54, 1.807) is 6.20 Å². The molecule has 0 saturated heterocycles. The first-order valence-electron chi connectivity index (χ1n) is 5.32. The molecule has 0 spiro atoms. The van der Waals surface area contributed by atoms with Gasteiger partial charge in [0.2, 0.25) is 0 Å². The Labute approximate surface area is 95.4 Å². The van der Waals surface area contributed by atoms with Gasteiger partial charge in [0, 0.05) is 20.2 Å².